The van der Waals surface area contributed by atoms with Crippen LogP contribution >= 0.6 is 0 Å². The third kappa shape index (κ3) is 3.50. The molecule has 0 bridgehead atoms. The summed E-state index contributed by atoms with van der Waals surface area (Å²) >= 11 is 0. The Bertz CT molecular complexity index is 576. The van der Waals surface area contributed by atoms with Gasteiger partial charge in [-0.1, -0.05) is 19.9 Å². The maximum absolute atomic E-state index is 12.6. The van der Waals surface area contributed by atoms with Gasteiger partial charge in [-0.05, 0) is 29.5 Å². The van der Waals surface area contributed by atoms with Crippen LogP contribution in [0.3, 0.4) is 0 Å². The van der Waals surface area contributed by atoms with Crippen molar-refractivity contribution in [2.75, 3.05) is 39.5 Å². The summed E-state index contributed by atoms with van der Waals surface area (Å²) < 4.78 is 18.4. The van der Waals surface area contributed by atoms with E-state index in [4.69, 9.17) is 4.74 Å². The fraction of sp³-hybridized carbons (Fsp3) is 0.611. The maximum atomic E-state index is 12.6. The van der Waals surface area contributed by atoms with Gasteiger partial charge in [0.15, 0.2) is 0 Å². The number of rotatable bonds is 5. The molecule has 2 heterocycles. The molecule has 1 saturated heterocycles. The number of nitrogens with one attached hydrogen (secondary N) is 1. The topological polar surface area (TPSA) is 41.6 Å². The summed E-state index contributed by atoms with van der Waals surface area (Å²) in [5, 5.41) is 3.01. The first kappa shape index (κ1) is 16.2. The Balaban J connectivity index is 1.85. The molecule has 1 N–H and O–H groups in total. The van der Waals surface area contributed by atoms with Gasteiger partial charge in [-0.2, -0.15) is 0 Å². The number of likely N-dealkylation sites (tertiary alicyclic amines) is 1. The van der Waals surface area contributed by atoms with Crippen LogP contribution in [0.5, 0.6) is 5.75 Å². The van der Waals surface area contributed by atoms with Crippen LogP contribution in [0.4, 0.5) is 4.39 Å². The van der Waals surface area contributed by atoms with E-state index in [9.17, 15) is 9.18 Å². The van der Waals surface area contributed by atoms with Crippen LogP contribution in [-0.2, 0) is 0 Å². The van der Waals surface area contributed by atoms with E-state index in [1.165, 1.54) is 0 Å². The number of hydrogen-bond donors (Lipinski definition) is 1. The van der Waals surface area contributed by atoms with Gasteiger partial charge in [0.2, 0.25) is 0 Å². The molecule has 1 fully saturated rings. The first-order chi connectivity index (χ1) is 11.1. The highest BCUT2D eigenvalue weighted by Crippen LogP contribution is 2.37. The van der Waals surface area contributed by atoms with Crippen LogP contribution in [0.2, 0.25) is 0 Å². The highest BCUT2D eigenvalue weighted by Gasteiger charge is 2.37. The fourth-order valence-electron chi connectivity index (χ4n) is 3.55. The normalized spacial score (nSPS) is 24.1. The molecule has 2 atom stereocenters. The molecule has 0 spiro atoms. The summed E-state index contributed by atoms with van der Waals surface area (Å²) in [5.41, 5.74) is 1.78. The summed E-state index contributed by atoms with van der Waals surface area (Å²) in [7, 11) is 0. The van der Waals surface area contributed by atoms with E-state index in [0.717, 1.165) is 24.4 Å². The summed E-state index contributed by atoms with van der Waals surface area (Å²) in [6.07, 6.45) is 0. The maximum Gasteiger partial charge on any atom is 0.251 e. The van der Waals surface area contributed by atoms with E-state index in [-0.39, 0.29) is 18.5 Å². The first-order valence-electron chi connectivity index (χ1n) is 8.41. The third-order valence-corrected chi connectivity index (χ3v) is 4.69. The third-order valence-electron chi connectivity index (χ3n) is 4.69. The molecule has 0 radical (unpaired) electrons. The predicted molar refractivity (Wildman–Crippen MR) is 87.8 cm³/mol. The SMILES string of the molecule is CC(C)COc1ccc2c(c1)C(=O)NCC1CN(CCF)CC21. The second-order valence-electron chi connectivity index (χ2n) is 6.98. The summed E-state index contributed by atoms with van der Waals surface area (Å²) in [5.74, 6) is 1.80. The number of amides is 1. The monoisotopic (exact) mass is 320 g/mol. The molecule has 1 amide bonds. The van der Waals surface area contributed by atoms with Gasteiger partial charge >= 0.3 is 0 Å². The quantitative estimate of drug-likeness (QED) is 0.906. The van der Waals surface area contributed by atoms with E-state index < -0.39 is 0 Å². The number of hydrogen-bond acceptors (Lipinski definition) is 3. The minimum atomic E-state index is -0.319. The minimum Gasteiger partial charge on any atom is -0.493 e. The van der Waals surface area contributed by atoms with Crippen molar-refractivity contribution in [1.82, 2.24) is 10.2 Å². The number of nitrogens with zero attached hydrogens (tertiary/aromatic N) is 1. The van der Waals surface area contributed by atoms with Crippen molar-refractivity contribution in [3.8, 4) is 5.75 Å². The standard InChI is InChI=1S/C18H25FN2O2/c1-12(2)11-23-14-3-4-15-16(7-14)18(22)20-8-13-9-21(6-5-19)10-17(13)15/h3-4,7,12-13,17H,5-6,8-11H2,1-2H3,(H,20,22). The van der Waals surface area contributed by atoms with Gasteiger partial charge in [-0.25, -0.2) is 4.39 Å². The molecule has 0 aromatic heterocycles. The second kappa shape index (κ2) is 6.87. The summed E-state index contributed by atoms with van der Waals surface area (Å²) in [6.45, 7) is 7.31. The Hall–Kier alpha value is -1.62. The molecule has 2 aliphatic rings. The van der Waals surface area contributed by atoms with Crippen LogP contribution in [0.15, 0.2) is 18.2 Å². The van der Waals surface area contributed by atoms with Gasteiger partial charge in [0.25, 0.3) is 5.91 Å². The second-order valence-corrected chi connectivity index (χ2v) is 6.98. The number of alkyl halides is 1. The molecule has 5 heteroatoms. The number of fused-ring (bicyclic) bond motifs is 3. The van der Waals surface area contributed by atoms with Gasteiger partial charge in [0.05, 0.1) is 6.61 Å². The first-order valence-corrected chi connectivity index (χ1v) is 8.41. The zero-order valence-electron chi connectivity index (χ0n) is 13.8. The van der Waals surface area contributed by atoms with E-state index >= 15 is 0 Å². The smallest absolute Gasteiger partial charge is 0.251 e. The molecule has 2 unspecified atom stereocenters. The highest BCUT2D eigenvalue weighted by molar-refractivity contribution is 5.96. The number of benzene rings is 1. The number of carbonyl (C=O) groups is 1. The van der Waals surface area contributed by atoms with Crippen LogP contribution in [-0.4, -0.2) is 50.3 Å². The molecule has 23 heavy (non-hydrogen) atoms. The Kier molecular flexibility index (Phi) is 4.85. The largest absolute Gasteiger partial charge is 0.493 e. The molecule has 0 saturated carbocycles. The zero-order chi connectivity index (χ0) is 16.4. The minimum absolute atomic E-state index is 0.0264. The lowest BCUT2D eigenvalue weighted by Crippen LogP contribution is -2.30. The molecule has 126 valence electrons. The highest BCUT2D eigenvalue weighted by atomic mass is 19.1. The van der Waals surface area contributed by atoms with Gasteiger partial charge in [-0.15, -0.1) is 0 Å². The Morgan fingerprint density at radius 1 is 1.39 bits per heavy atom. The molecule has 3 rings (SSSR count). The molecular weight excluding hydrogens is 295 g/mol. The zero-order valence-corrected chi connectivity index (χ0v) is 13.8. The lowest BCUT2D eigenvalue weighted by atomic mass is 9.87. The predicted octanol–water partition coefficient (Wildman–Crippen LogP) is 2.45. The van der Waals surface area contributed by atoms with E-state index in [1.807, 2.05) is 18.2 Å². The van der Waals surface area contributed by atoms with Gasteiger partial charge in [-0.3, -0.25) is 9.69 Å². The lowest BCUT2D eigenvalue weighted by molar-refractivity contribution is 0.0950. The van der Waals surface area contributed by atoms with Crippen molar-refractivity contribution >= 4 is 5.91 Å². The molecule has 1 aromatic rings. The average Bonchev–Trinajstić information content (AvgIpc) is 2.88. The average molecular weight is 320 g/mol. The van der Waals surface area contributed by atoms with E-state index in [0.29, 0.717) is 37.1 Å². The van der Waals surface area contributed by atoms with Crippen LogP contribution < -0.4 is 10.1 Å². The molecule has 0 aliphatic carbocycles. The number of halogens is 1. The van der Waals surface area contributed by atoms with Crippen LogP contribution in [0, 0.1) is 11.8 Å². The Morgan fingerprint density at radius 3 is 2.96 bits per heavy atom. The number of carbonyl (C=O) groups excluding carboxylic acids is 1. The van der Waals surface area contributed by atoms with Crippen molar-refractivity contribution in [2.45, 2.75) is 19.8 Å². The van der Waals surface area contributed by atoms with Crippen LogP contribution in [0.1, 0.15) is 35.7 Å². The molecular formula is C18H25FN2O2. The van der Waals surface area contributed by atoms with Gasteiger partial charge in [0, 0.05) is 37.7 Å². The van der Waals surface area contributed by atoms with Crippen LogP contribution in [0.25, 0.3) is 0 Å². The van der Waals surface area contributed by atoms with Crippen molar-refractivity contribution in [3.63, 3.8) is 0 Å². The molecule has 1 aromatic carbocycles. The van der Waals surface area contributed by atoms with E-state index in [2.05, 4.69) is 24.1 Å². The Labute approximate surface area is 137 Å². The molecule has 4 nitrogen and oxygen atoms in total. The fourth-order valence-corrected chi connectivity index (χ4v) is 3.55. The van der Waals surface area contributed by atoms with Crippen molar-refractivity contribution in [3.05, 3.63) is 29.3 Å². The number of ether oxygens (including phenoxy) is 1. The van der Waals surface area contributed by atoms with Crippen molar-refractivity contribution < 1.29 is 13.9 Å². The van der Waals surface area contributed by atoms with E-state index in [1.54, 1.807) is 0 Å². The molecule has 2 aliphatic heterocycles. The van der Waals surface area contributed by atoms with Crippen molar-refractivity contribution in [1.29, 1.82) is 0 Å². The summed E-state index contributed by atoms with van der Waals surface area (Å²) in [4.78, 5) is 14.5. The van der Waals surface area contributed by atoms with Gasteiger partial charge < -0.3 is 10.1 Å². The Morgan fingerprint density at radius 2 is 2.22 bits per heavy atom. The lowest BCUT2D eigenvalue weighted by Gasteiger charge is -2.17. The summed E-state index contributed by atoms with van der Waals surface area (Å²) in [6, 6.07) is 5.83. The van der Waals surface area contributed by atoms with Gasteiger partial charge in [0.1, 0.15) is 12.4 Å². The van der Waals surface area contributed by atoms with Crippen molar-refractivity contribution in [2.24, 2.45) is 11.8 Å².